The van der Waals surface area contributed by atoms with Crippen LogP contribution in [0.2, 0.25) is 0 Å². The summed E-state index contributed by atoms with van der Waals surface area (Å²) in [5.41, 5.74) is 3.52. The number of benzene rings is 3. The summed E-state index contributed by atoms with van der Waals surface area (Å²) in [5.74, 6) is 0.631. The van der Waals surface area contributed by atoms with E-state index in [9.17, 15) is 9.59 Å². The quantitative estimate of drug-likeness (QED) is 0.292. The summed E-state index contributed by atoms with van der Waals surface area (Å²) >= 11 is 1.49. The van der Waals surface area contributed by atoms with Gasteiger partial charge in [0.15, 0.2) is 0 Å². The molecule has 0 atom stereocenters. The van der Waals surface area contributed by atoms with Crippen molar-refractivity contribution in [2.75, 3.05) is 22.6 Å². The zero-order valence-electron chi connectivity index (χ0n) is 18.6. The molecule has 0 aliphatic carbocycles. The minimum atomic E-state index is -0.362. The first-order valence-corrected chi connectivity index (χ1v) is 11.7. The fourth-order valence-corrected chi connectivity index (χ4v) is 4.07. The molecular weight excluding hydrogens is 448 g/mol. The third kappa shape index (κ3) is 6.43. The molecule has 1 aromatic heterocycles. The number of nitrogens with one attached hydrogen (secondary N) is 3. The van der Waals surface area contributed by atoms with Crippen LogP contribution < -0.4 is 20.7 Å². The maximum absolute atomic E-state index is 12.6. The lowest BCUT2D eigenvalue weighted by atomic mass is 10.2. The van der Waals surface area contributed by atoms with Crippen molar-refractivity contribution in [1.29, 1.82) is 0 Å². The van der Waals surface area contributed by atoms with Gasteiger partial charge in [-0.25, -0.2) is 9.78 Å². The number of aromatic nitrogens is 1. The third-order valence-electron chi connectivity index (χ3n) is 4.74. The predicted octanol–water partition coefficient (Wildman–Crippen LogP) is 6.03. The third-order valence-corrected chi connectivity index (χ3v) is 5.68. The van der Waals surface area contributed by atoms with Crippen LogP contribution in [0.5, 0.6) is 5.75 Å². The van der Waals surface area contributed by atoms with Crippen LogP contribution in [-0.2, 0) is 11.2 Å². The van der Waals surface area contributed by atoms with Crippen molar-refractivity contribution in [3.05, 3.63) is 89.9 Å². The zero-order valence-corrected chi connectivity index (χ0v) is 19.4. The monoisotopic (exact) mass is 472 g/mol. The number of ether oxygens (including phenoxy) is 1. The first kappa shape index (κ1) is 23.0. The van der Waals surface area contributed by atoms with E-state index in [1.807, 2.05) is 54.8 Å². The summed E-state index contributed by atoms with van der Waals surface area (Å²) in [5, 5.41) is 11.1. The van der Waals surface area contributed by atoms with Crippen molar-refractivity contribution in [2.24, 2.45) is 0 Å². The number of amides is 3. The van der Waals surface area contributed by atoms with Gasteiger partial charge in [0, 0.05) is 28.0 Å². The van der Waals surface area contributed by atoms with Gasteiger partial charge in [0.2, 0.25) is 5.91 Å². The Balaban J connectivity index is 1.32. The van der Waals surface area contributed by atoms with E-state index >= 15 is 0 Å². The molecule has 7 nitrogen and oxygen atoms in total. The summed E-state index contributed by atoms with van der Waals surface area (Å²) in [4.78, 5) is 29.3. The average Bonchev–Trinajstić information content (AvgIpc) is 3.29. The molecule has 0 aliphatic heterocycles. The number of anilines is 3. The number of hydrogen-bond donors (Lipinski definition) is 3. The SMILES string of the molecule is CCOc1ccc(-c2nc(CC(=O)Nc3cccc(NC(=O)Nc4ccccc4)c3)cs2)cc1. The van der Waals surface area contributed by atoms with E-state index in [4.69, 9.17) is 4.74 Å². The second-order valence-corrected chi connectivity index (χ2v) is 8.21. The molecule has 3 amide bonds. The molecule has 8 heteroatoms. The van der Waals surface area contributed by atoms with E-state index in [0.717, 1.165) is 16.3 Å². The fourth-order valence-electron chi connectivity index (χ4n) is 3.24. The highest BCUT2D eigenvalue weighted by Gasteiger charge is 2.11. The maximum atomic E-state index is 12.6. The highest BCUT2D eigenvalue weighted by Crippen LogP contribution is 2.26. The molecule has 3 aromatic carbocycles. The van der Waals surface area contributed by atoms with Crippen molar-refractivity contribution >= 4 is 40.3 Å². The van der Waals surface area contributed by atoms with Crippen LogP contribution >= 0.6 is 11.3 Å². The summed E-state index contributed by atoms with van der Waals surface area (Å²) in [7, 11) is 0. The van der Waals surface area contributed by atoms with Gasteiger partial charge in [-0.05, 0) is 61.5 Å². The largest absolute Gasteiger partial charge is 0.494 e. The van der Waals surface area contributed by atoms with Gasteiger partial charge in [0.1, 0.15) is 10.8 Å². The van der Waals surface area contributed by atoms with Crippen molar-refractivity contribution in [1.82, 2.24) is 4.98 Å². The molecule has 0 saturated heterocycles. The maximum Gasteiger partial charge on any atom is 0.323 e. The molecule has 3 N–H and O–H groups in total. The number of hydrogen-bond acceptors (Lipinski definition) is 5. The molecule has 0 bridgehead atoms. The first-order valence-electron chi connectivity index (χ1n) is 10.8. The number of nitrogens with zero attached hydrogens (tertiary/aromatic N) is 1. The van der Waals surface area contributed by atoms with Crippen molar-refractivity contribution in [3.8, 4) is 16.3 Å². The number of rotatable bonds is 8. The van der Waals surface area contributed by atoms with Gasteiger partial charge in [-0.15, -0.1) is 11.3 Å². The van der Waals surface area contributed by atoms with Crippen LogP contribution in [0.25, 0.3) is 10.6 Å². The van der Waals surface area contributed by atoms with Gasteiger partial charge in [0.05, 0.1) is 18.7 Å². The molecule has 0 fully saturated rings. The van der Waals surface area contributed by atoms with E-state index in [-0.39, 0.29) is 18.4 Å². The molecule has 0 unspecified atom stereocenters. The Labute approximate surface area is 201 Å². The van der Waals surface area contributed by atoms with Crippen LogP contribution in [0.3, 0.4) is 0 Å². The molecule has 4 rings (SSSR count). The van der Waals surface area contributed by atoms with Crippen LogP contribution in [-0.4, -0.2) is 23.5 Å². The number of carbonyl (C=O) groups is 2. The van der Waals surface area contributed by atoms with E-state index in [0.29, 0.717) is 29.4 Å². The molecule has 0 saturated carbocycles. The Kier molecular flexibility index (Phi) is 7.52. The fraction of sp³-hybridized carbons (Fsp3) is 0.115. The highest BCUT2D eigenvalue weighted by atomic mass is 32.1. The predicted molar refractivity (Wildman–Crippen MR) is 137 cm³/mol. The summed E-state index contributed by atoms with van der Waals surface area (Å²) in [6.45, 7) is 2.57. The minimum Gasteiger partial charge on any atom is -0.494 e. The number of para-hydroxylation sites is 1. The van der Waals surface area contributed by atoms with Crippen molar-refractivity contribution in [3.63, 3.8) is 0 Å². The van der Waals surface area contributed by atoms with Gasteiger partial charge in [0.25, 0.3) is 0 Å². The Morgan fingerprint density at radius 1 is 0.853 bits per heavy atom. The normalized spacial score (nSPS) is 10.4. The zero-order chi connectivity index (χ0) is 23.8. The van der Waals surface area contributed by atoms with E-state index in [1.54, 1.807) is 36.4 Å². The second-order valence-electron chi connectivity index (χ2n) is 7.35. The van der Waals surface area contributed by atoms with E-state index in [1.165, 1.54) is 11.3 Å². The number of carbonyl (C=O) groups excluding carboxylic acids is 2. The van der Waals surface area contributed by atoms with Gasteiger partial charge in [-0.1, -0.05) is 24.3 Å². The highest BCUT2D eigenvalue weighted by molar-refractivity contribution is 7.13. The van der Waals surface area contributed by atoms with Crippen LogP contribution in [0, 0.1) is 0 Å². The Morgan fingerprint density at radius 2 is 1.53 bits per heavy atom. The standard InChI is InChI=1S/C26H24N4O3S/c1-2-33-23-13-11-18(12-14-23)25-28-22(17-34-25)16-24(31)27-20-9-6-10-21(15-20)30-26(32)29-19-7-4-3-5-8-19/h3-15,17H,2,16H2,1H3,(H,27,31)(H2,29,30,32). The van der Waals surface area contributed by atoms with Crippen LogP contribution in [0.4, 0.5) is 21.9 Å². The van der Waals surface area contributed by atoms with Gasteiger partial charge < -0.3 is 20.7 Å². The van der Waals surface area contributed by atoms with Gasteiger partial charge >= 0.3 is 6.03 Å². The lowest BCUT2D eigenvalue weighted by Crippen LogP contribution is -2.19. The summed E-state index contributed by atoms with van der Waals surface area (Å²) in [6.07, 6.45) is 0.152. The van der Waals surface area contributed by atoms with Gasteiger partial charge in [-0.3, -0.25) is 4.79 Å². The van der Waals surface area contributed by atoms with E-state index < -0.39 is 0 Å². The molecule has 172 valence electrons. The molecule has 0 radical (unpaired) electrons. The molecule has 4 aromatic rings. The second kappa shape index (κ2) is 11.1. The molecular formula is C26H24N4O3S. The summed E-state index contributed by atoms with van der Waals surface area (Å²) in [6, 6.07) is 23.5. The first-order chi connectivity index (χ1) is 16.6. The average molecular weight is 473 g/mol. The lowest BCUT2D eigenvalue weighted by molar-refractivity contribution is -0.115. The smallest absolute Gasteiger partial charge is 0.323 e. The molecule has 0 aliphatic rings. The number of thiazole rings is 1. The lowest BCUT2D eigenvalue weighted by Gasteiger charge is -2.10. The van der Waals surface area contributed by atoms with E-state index in [2.05, 4.69) is 20.9 Å². The molecule has 34 heavy (non-hydrogen) atoms. The van der Waals surface area contributed by atoms with Crippen molar-refractivity contribution in [2.45, 2.75) is 13.3 Å². The Hall–Kier alpha value is -4.17. The van der Waals surface area contributed by atoms with Gasteiger partial charge in [-0.2, -0.15) is 0 Å². The number of urea groups is 1. The molecule has 1 heterocycles. The topological polar surface area (TPSA) is 92.3 Å². The Bertz CT molecular complexity index is 1260. The minimum absolute atomic E-state index is 0.152. The molecule has 0 spiro atoms. The van der Waals surface area contributed by atoms with Crippen LogP contribution in [0.15, 0.2) is 84.2 Å². The van der Waals surface area contributed by atoms with Crippen LogP contribution in [0.1, 0.15) is 12.6 Å². The van der Waals surface area contributed by atoms with Crippen molar-refractivity contribution < 1.29 is 14.3 Å². The summed E-state index contributed by atoms with van der Waals surface area (Å²) < 4.78 is 5.47. The Morgan fingerprint density at radius 3 is 2.26 bits per heavy atom.